The molecule has 0 amide bonds. The van der Waals surface area contributed by atoms with Gasteiger partial charge in [-0.15, -0.1) is 0 Å². The van der Waals surface area contributed by atoms with Crippen molar-refractivity contribution < 1.29 is 0 Å². The maximum Gasteiger partial charge on any atom is 0.0860 e. The second-order valence-electron chi connectivity index (χ2n) is 4.76. The molecular weight excluding hydrogens is 240 g/mol. The first-order valence-electron chi connectivity index (χ1n) is 5.17. The fourth-order valence-corrected chi connectivity index (χ4v) is 9.43. The zero-order chi connectivity index (χ0) is 10.6. The summed E-state index contributed by atoms with van der Waals surface area (Å²) in [7, 11) is -1.26. The third kappa shape index (κ3) is 2.69. The summed E-state index contributed by atoms with van der Waals surface area (Å²) in [6.07, 6.45) is 0. The Kier molecular flexibility index (Phi) is 5.53. The summed E-state index contributed by atoms with van der Waals surface area (Å²) < 4.78 is 0. The van der Waals surface area contributed by atoms with Crippen LogP contribution in [0.3, 0.4) is 0 Å². The van der Waals surface area contributed by atoms with Crippen molar-refractivity contribution in [2.45, 2.75) is 58.2 Å². The van der Waals surface area contributed by atoms with Crippen molar-refractivity contribution >= 4 is 24.0 Å². The Morgan fingerprint density at radius 1 is 0.846 bits per heavy atom. The van der Waals surface area contributed by atoms with E-state index >= 15 is 0 Å². The van der Waals surface area contributed by atoms with Crippen molar-refractivity contribution in [3.05, 3.63) is 10.7 Å². The molecule has 0 unspecified atom stereocenters. The van der Waals surface area contributed by atoms with Crippen LogP contribution in [0.4, 0.5) is 0 Å². The van der Waals surface area contributed by atoms with Crippen LogP contribution in [-0.4, -0.2) is 8.07 Å². The fourth-order valence-electron chi connectivity index (χ4n) is 2.69. The molecule has 0 atom stereocenters. The van der Waals surface area contributed by atoms with Crippen LogP contribution in [0.25, 0.3) is 0 Å². The lowest BCUT2D eigenvalue weighted by molar-refractivity contribution is 0.833. The molecule has 0 rings (SSSR count). The van der Waals surface area contributed by atoms with Gasteiger partial charge in [0, 0.05) is 0 Å². The zero-order valence-electron chi connectivity index (χ0n) is 9.76. The van der Waals surface area contributed by atoms with Gasteiger partial charge in [-0.1, -0.05) is 63.2 Å². The lowest BCUT2D eigenvalue weighted by Crippen LogP contribution is -2.42. The highest BCUT2D eigenvalue weighted by Crippen LogP contribution is 2.42. The molecule has 0 aromatic carbocycles. The fraction of sp³-hybridized carbons (Fsp3) is 0.818. The summed E-state index contributed by atoms with van der Waals surface area (Å²) in [6.45, 7) is 14.2. The molecule has 0 radical (unpaired) electrons. The van der Waals surface area contributed by atoms with E-state index in [1.165, 1.54) is 0 Å². The van der Waals surface area contributed by atoms with Gasteiger partial charge in [0.1, 0.15) is 0 Å². The van der Waals surface area contributed by atoms with Gasteiger partial charge in [-0.3, -0.25) is 0 Å². The summed E-state index contributed by atoms with van der Waals surface area (Å²) in [5.74, 6) is 0. The van der Waals surface area contributed by atoms with E-state index < -0.39 is 8.07 Å². The molecule has 0 saturated carbocycles. The molecule has 0 saturated heterocycles. The van der Waals surface area contributed by atoms with E-state index in [9.17, 15) is 0 Å². The lowest BCUT2D eigenvalue weighted by Gasteiger charge is -2.40. The Bertz CT molecular complexity index is 149. The Morgan fingerprint density at radius 2 is 1.15 bits per heavy atom. The van der Waals surface area contributed by atoms with Crippen LogP contribution in [0, 0.1) is 0 Å². The normalized spacial score (nSPS) is 14.0. The van der Waals surface area contributed by atoms with E-state index in [1.807, 2.05) is 0 Å². The smallest absolute Gasteiger partial charge is 0.0860 e. The molecule has 13 heavy (non-hydrogen) atoms. The van der Waals surface area contributed by atoms with Gasteiger partial charge in [0.25, 0.3) is 0 Å². The third-order valence-corrected chi connectivity index (χ3v) is 10.8. The van der Waals surface area contributed by atoms with Gasteiger partial charge in [-0.05, 0) is 21.6 Å². The predicted octanol–water partition coefficient (Wildman–Crippen LogP) is 5.11. The highest BCUT2D eigenvalue weighted by molar-refractivity contribution is 9.11. The Balaban J connectivity index is 5.05. The standard InChI is InChI=1S/C11H23BrSi/c1-9(2)13(8-7-12,10(3)4)11(5)6/h7-11H,1-6H3. The average Bonchev–Trinajstić information content (AvgIpc) is 1.97. The summed E-state index contributed by atoms with van der Waals surface area (Å²) >= 11 is 3.44. The minimum absolute atomic E-state index is 0.821. The minimum atomic E-state index is -1.26. The first kappa shape index (κ1) is 13.4. The molecule has 0 aliphatic heterocycles. The number of rotatable bonds is 4. The molecule has 0 nitrogen and oxygen atoms in total. The maximum atomic E-state index is 3.44. The number of halogens is 1. The molecule has 0 aliphatic rings. The van der Waals surface area contributed by atoms with E-state index in [0.717, 1.165) is 16.6 Å². The van der Waals surface area contributed by atoms with Crippen LogP contribution in [0.5, 0.6) is 0 Å². The quantitative estimate of drug-likeness (QED) is 0.618. The molecule has 0 bridgehead atoms. The molecule has 0 aliphatic carbocycles. The van der Waals surface area contributed by atoms with Crippen molar-refractivity contribution in [2.24, 2.45) is 0 Å². The van der Waals surface area contributed by atoms with Gasteiger partial charge in [-0.25, -0.2) is 0 Å². The van der Waals surface area contributed by atoms with Crippen molar-refractivity contribution in [1.29, 1.82) is 0 Å². The second-order valence-corrected chi connectivity index (χ2v) is 11.1. The van der Waals surface area contributed by atoms with Crippen LogP contribution < -0.4 is 0 Å². The highest BCUT2D eigenvalue weighted by atomic mass is 79.9. The monoisotopic (exact) mass is 262 g/mol. The minimum Gasteiger partial charge on any atom is -0.0867 e. The molecule has 0 heterocycles. The molecule has 0 fully saturated rings. The van der Waals surface area contributed by atoms with Crippen molar-refractivity contribution in [1.82, 2.24) is 0 Å². The van der Waals surface area contributed by atoms with Gasteiger partial charge < -0.3 is 0 Å². The topological polar surface area (TPSA) is 0 Å². The first-order valence-corrected chi connectivity index (χ1v) is 8.40. The Hall–Kier alpha value is 0.437. The van der Waals surface area contributed by atoms with Gasteiger partial charge in [0.2, 0.25) is 0 Å². The maximum absolute atomic E-state index is 3.44. The number of hydrogen-bond donors (Lipinski definition) is 0. The van der Waals surface area contributed by atoms with E-state index in [-0.39, 0.29) is 0 Å². The van der Waals surface area contributed by atoms with E-state index in [1.54, 1.807) is 0 Å². The summed E-state index contributed by atoms with van der Waals surface area (Å²) in [6, 6.07) is 0. The lowest BCUT2D eigenvalue weighted by atomic mass is 10.5. The average molecular weight is 263 g/mol. The summed E-state index contributed by atoms with van der Waals surface area (Å²) in [5.41, 5.74) is 4.93. The van der Waals surface area contributed by atoms with E-state index in [4.69, 9.17) is 0 Å². The Morgan fingerprint density at radius 3 is 1.23 bits per heavy atom. The molecule has 0 spiro atoms. The van der Waals surface area contributed by atoms with Crippen LogP contribution >= 0.6 is 15.9 Å². The van der Waals surface area contributed by atoms with Crippen LogP contribution in [0.1, 0.15) is 41.5 Å². The Labute approximate surface area is 92.9 Å². The molecule has 0 N–H and O–H groups in total. The highest BCUT2D eigenvalue weighted by Gasteiger charge is 2.39. The van der Waals surface area contributed by atoms with Crippen molar-refractivity contribution in [3.63, 3.8) is 0 Å². The molecule has 0 aromatic heterocycles. The first-order chi connectivity index (χ1) is 5.89. The van der Waals surface area contributed by atoms with E-state index in [2.05, 4.69) is 68.2 Å². The van der Waals surface area contributed by atoms with Crippen LogP contribution in [0.15, 0.2) is 10.7 Å². The molecule has 78 valence electrons. The SMILES string of the molecule is CC(C)[Si](C=CBr)(C(C)C)C(C)C. The van der Waals surface area contributed by atoms with Crippen molar-refractivity contribution in [2.75, 3.05) is 0 Å². The van der Waals surface area contributed by atoms with Gasteiger partial charge in [-0.2, -0.15) is 0 Å². The van der Waals surface area contributed by atoms with Crippen LogP contribution in [0.2, 0.25) is 16.6 Å². The van der Waals surface area contributed by atoms with Gasteiger partial charge >= 0.3 is 0 Å². The molecule has 0 aromatic rings. The van der Waals surface area contributed by atoms with Gasteiger partial charge in [0.15, 0.2) is 0 Å². The number of hydrogen-bond acceptors (Lipinski definition) is 0. The summed E-state index contributed by atoms with van der Waals surface area (Å²) in [5, 5.41) is 0. The van der Waals surface area contributed by atoms with Crippen molar-refractivity contribution in [3.8, 4) is 0 Å². The van der Waals surface area contributed by atoms with Gasteiger partial charge in [0.05, 0.1) is 8.07 Å². The van der Waals surface area contributed by atoms with E-state index in [0.29, 0.717) is 0 Å². The van der Waals surface area contributed by atoms with Crippen LogP contribution in [-0.2, 0) is 0 Å². The second kappa shape index (κ2) is 5.35. The third-order valence-electron chi connectivity index (χ3n) is 3.35. The molecule has 2 heteroatoms. The predicted molar refractivity (Wildman–Crippen MR) is 69.1 cm³/mol. The zero-order valence-corrected chi connectivity index (χ0v) is 12.4. The summed E-state index contributed by atoms with van der Waals surface area (Å²) in [4.78, 5) is 2.08. The largest absolute Gasteiger partial charge is 0.0867 e. The molecular formula is C11H23BrSi.